The number of carbonyl (C=O) groups is 1. The molecule has 196 valence electrons. The highest BCUT2D eigenvalue weighted by molar-refractivity contribution is 7.90. The maximum Gasteiger partial charge on any atom is 0.284 e. The average Bonchev–Trinajstić information content (AvgIpc) is 3.22. The molecular weight excluding hydrogens is 520 g/mol. The lowest BCUT2D eigenvalue weighted by atomic mass is 10.0. The topological polar surface area (TPSA) is 84.6 Å². The molecule has 0 unspecified atom stereocenters. The minimum atomic E-state index is -3.88. The van der Waals surface area contributed by atoms with Crippen LogP contribution in [0.1, 0.15) is 41.4 Å². The number of sulfonamides is 1. The third-order valence-electron chi connectivity index (χ3n) is 6.10. The van der Waals surface area contributed by atoms with Gasteiger partial charge in [0.05, 0.1) is 4.90 Å². The lowest BCUT2D eigenvalue weighted by Gasteiger charge is -2.13. The van der Waals surface area contributed by atoms with Crippen molar-refractivity contribution in [2.24, 2.45) is 4.40 Å². The SMILES string of the molecule is CC(C)c1ccc(-c2nc(Cl)c(C=O)n2Cc2ccc(-c3ccccc3S(=O)(=O)N=CN(C)C)cc2)cc1. The average molecular weight is 549 g/mol. The van der Waals surface area contributed by atoms with Crippen molar-refractivity contribution in [1.82, 2.24) is 14.5 Å². The lowest BCUT2D eigenvalue weighted by Crippen LogP contribution is -2.10. The summed E-state index contributed by atoms with van der Waals surface area (Å²) in [5.74, 6) is 1.00. The Morgan fingerprint density at radius 1 is 0.974 bits per heavy atom. The van der Waals surface area contributed by atoms with Gasteiger partial charge >= 0.3 is 0 Å². The van der Waals surface area contributed by atoms with E-state index in [9.17, 15) is 13.2 Å². The van der Waals surface area contributed by atoms with Crippen molar-refractivity contribution in [1.29, 1.82) is 0 Å². The van der Waals surface area contributed by atoms with Gasteiger partial charge in [0.2, 0.25) is 0 Å². The summed E-state index contributed by atoms with van der Waals surface area (Å²) < 4.78 is 31.3. The molecule has 1 aromatic heterocycles. The van der Waals surface area contributed by atoms with Gasteiger partial charge in [0.1, 0.15) is 17.9 Å². The molecule has 0 atom stereocenters. The van der Waals surface area contributed by atoms with E-state index in [2.05, 4.69) is 35.4 Å². The number of carbonyl (C=O) groups excluding carboxylic acids is 1. The van der Waals surface area contributed by atoms with Crippen LogP contribution in [-0.2, 0) is 16.6 Å². The Morgan fingerprint density at radius 3 is 2.21 bits per heavy atom. The van der Waals surface area contributed by atoms with E-state index in [0.29, 0.717) is 35.8 Å². The zero-order chi connectivity index (χ0) is 27.4. The van der Waals surface area contributed by atoms with Crippen molar-refractivity contribution < 1.29 is 13.2 Å². The smallest absolute Gasteiger partial charge is 0.284 e. The Labute approximate surface area is 228 Å². The molecule has 3 aromatic carbocycles. The molecule has 0 N–H and O–H groups in total. The first kappa shape index (κ1) is 27.3. The van der Waals surface area contributed by atoms with E-state index in [1.807, 2.05) is 36.4 Å². The number of nitrogens with zero attached hydrogens (tertiary/aromatic N) is 4. The van der Waals surface area contributed by atoms with Gasteiger partial charge in [-0.15, -0.1) is 4.40 Å². The third kappa shape index (κ3) is 5.87. The molecule has 7 nitrogen and oxygen atoms in total. The van der Waals surface area contributed by atoms with E-state index in [0.717, 1.165) is 16.7 Å². The van der Waals surface area contributed by atoms with Gasteiger partial charge < -0.3 is 9.47 Å². The quantitative estimate of drug-likeness (QED) is 0.143. The van der Waals surface area contributed by atoms with E-state index < -0.39 is 10.0 Å². The number of hydrogen-bond acceptors (Lipinski definition) is 4. The van der Waals surface area contributed by atoms with Crippen LogP contribution in [0, 0.1) is 0 Å². The highest BCUT2D eigenvalue weighted by Crippen LogP contribution is 2.30. The van der Waals surface area contributed by atoms with Gasteiger partial charge in [0, 0.05) is 31.8 Å². The number of benzene rings is 3. The fourth-order valence-corrected chi connectivity index (χ4v) is 5.43. The fraction of sp³-hybridized carbons (Fsp3) is 0.207. The number of halogens is 1. The molecule has 9 heteroatoms. The highest BCUT2D eigenvalue weighted by atomic mass is 35.5. The van der Waals surface area contributed by atoms with E-state index in [1.54, 1.807) is 47.8 Å². The molecular formula is C29H29ClN4O3S. The van der Waals surface area contributed by atoms with E-state index >= 15 is 0 Å². The van der Waals surface area contributed by atoms with Crippen LogP contribution in [0.15, 0.2) is 82.1 Å². The normalized spacial score (nSPS) is 11.8. The number of aldehydes is 1. The highest BCUT2D eigenvalue weighted by Gasteiger charge is 2.19. The maximum atomic E-state index is 12.9. The zero-order valence-electron chi connectivity index (χ0n) is 21.7. The van der Waals surface area contributed by atoms with Crippen molar-refractivity contribution in [2.45, 2.75) is 31.2 Å². The van der Waals surface area contributed by atoms with Crippen molar-refractivity contribution >= 4 is 34.2 Å². The molecule has 0 amide bonds. The third-order valence-corrected chi connectivity index (χ3v) is 7.66. The largest absolute Gasteiger partial charge is 0.368 e. The summed E-state index contributed by atoms with van der Waals surface area (Å²) in [7, 11) is -0.467. The van der Waals surface area contributed by atoms with Gasteiger partial charge in [0.25, 0.3) is 10.0 Å². The molecule has 0 saturated heterocycles. The molecule has 38 heavy (non-hydrogen) atoms. The zero-order valence-corrected chi connectivity index (χ0v) is 23.2. The molecule has 0 aliphatic rings. The number of rotatable bonds is 9. The second-order valence-corrected chi connectivity index (χ2v) is 11.4. The molecule has 0 spiro atoms. The van der Waals surface area contributed by atoms with Crippen molar-refractivity contribution in [3.05, 3.63) is 94.8 Å². The summed E-state index contributed by atoms with van der Waals surface area (Å²) in [6.45, 7) is 4.63. The second kappa shape index (κ2) is 11.3. The van der Waals surface area contributed by atoms with Crippen LogP contribution < -0.4 is 0 Å². The molecule has 0 bridgehead atoms. The van der Waals surface area contributed by atoms with Crippen LogP contribution in [0.25, 0.3) is 22.5 Å². The van der Waals surface area contributed by atoms with Crippen LogP contribution in [0.3, 0.4) is 0 Å². The van der Waals surface area contributed by atoms with Crippen LogP contribution in [-0.4, -0.2) is 49.6 Å². The summed E-state index contributed by atoms with van der Waals surface area (Å²) in [6, 6.07) is 22.4. The summed E-state index contributed by atoms with van der Waals surface area (Å²) >= 11 is 6.32. The first-order valence-corrected chi connectivity index (χ1v) is 13.9. The van der Waals surface area contributed by atoms with Crippen LogP contribution in [0.2, 0.25) is 5.15 Å². The summed E-state index contributed by atoms with van der Waals surface area (Å²) in [4.78, 5) is 18.0. The van der Waals surface area contributed by atoms with Gasteiger partial charge in [-0.05, 0) is 28.7 Å². The predicted molar refractivity (Wildman–Crippen MR) is 152 cm³/mol. The van der Waals surface area contributed by atoms with Crippen LogP contribution in [0.5, 0.6) is 0 Å². The lowest BCUT2D eigenvalue weighted by molar-refractivity contribution is 0.111. The van der Waals surface area contributed by atoms with Gasteiger partial charge in [-0.25, -0.2) is 4.98 Å². The molecule has 4 aromatic rings. The summed E-state index contributed by atoms with van der Waals surface area (Å²) in [5.41, 5.74) is 4.56. The minimum absolute atomic E-state index is 0.127. The Hall–Kier alpha value is -3.75. The van der Waals surface area contributed by atoms with Crippen LogP contribution >= 0.6 is 11.6 Å². The van der Waals surface area contributed by atoms with Crippen LogP contribution in [0.4, 0.5) is 0 Å². The summed E-state index contributed by atoms with van der Waals surface area (Å²) in [6.07, 6.45) is 1.98. The first-order valence-electron chi connectivity index (χ1n) is 12.1. The maximum absolute atomic E-state index is 12.9. The van der Waals surface area contributed by atoms with Gasteiger partial charge in [-0.1, -0.05) is 92.2 Å². The van der Waals surface area contributed by atoms with Gasteiger partial charge in [0.15, 0.2) is 11.4 Å². The number of imidazole rings is 1. The molecule has 4 rings (SSSR count). The monoisotopic (exact) mass is 548 g/mol. The predicted octanol–water partition coefficient (Wildman–Crippen LogP) is 6.13. The Morgan fingerprint density at radius 2 is 1.61 bits per heavy atom. The molecule has 0 saturated carbocycles. The fourth-order valence-electron chi connectivity index (χ4n) is 4.06. The summed E-state index contributed by atoms with van der Waals surface area (Å²) in [5, 5.41) is 0.150. The van der Waals surface area contributed by atoms with E-state index in [-0.39, 0.29) is 10.0 Å². The van der Waals surface area contributed by atoms with Crippen molar-refractivity contribution in [3.63, 3.8) is 0 Å². The van der Waals surface area contributed by atoms with Crippen molar-refractivity contribution in [3.8, 4) is 22.5 Å². The Kier molecular flexibility index (Phi) is 8.14. The second-order valence-electron chi connectivity index (χ2n) is 9.44. The standard InChI is InChI=1S/C29H29ClN4O3S/c1-20(2)22-13-15-24(16-14-22)29-32-28(30)26(18-35)34(29)17-21-9-11-23(12-10-21)25-7-5-6-8-27(25)38(36,37)31-19-33(3)4/h5-16,18-20H,17H2,1-4H3. The number of aromatic nitrogens is 2. The molecule has 0 aliphatic carbocycles. The molecule has 0 fully saturated rings. The molecule has 0 aliphatic heterocycles. The van der Waals surface area contributed by atoms with Gasteiger partial charge in [-0.3, -0.25) is 4.79 Å². The number of hydrogen-bond donors (Lipinski definition) is 0. The molecule has 0 radical (unpaired) electrons. The first-order chi connectivity index (χ1) is 18.1. The molecule has 1 heterocycles. The Balaban J connectivity index is 1.68. The van der Waals surface area contributed by atoms with Gasteiger partial charge in [-0.2, -0.15) is 8.42 Å². The van der Waals surface area contributed by atoms with E-state index in [1.165, 1.54) is 11.9 Å². The van der Waals surface area contributed by atoms with E-state index in [4.69, 9.17) is 11.6 Å². The Bertz CT molecular complexity index is 1570. The van der Waals surface area contributed by atoms with Crippen molar-refractivity contribution in [2.75, 3.05) is 14.1 Å². The minimum Gasteiger partial charge on any atom is -0.368 e.